The second-order valence-corrected chi connectivity index (χ2v) is 4.63. The van der Waals surface area contributed by atoms with Crippen molar-refractivity contribution in [2.45, 2.75) is 37.8 Å². The van der Waals surface area contributed by atoms with E-state index in [0.29, 0.717) is 12.8 Å². The second kappa shape index (κ2) is 2.85. The van der Waals surface area contributed by atoms with Crippen molar-refractivity contribution in [1.29, 1.82) is 0 Å². The Morgan fingerprint density at radius 2 is 2.38 bits per heavy atom. The van der Waals surface area contributed by atoms with Gasteiger partial charge in [0.25, 0.3) is 5.79 Å². The summed E-state index contributed by atoms with van der Waals surface area (Å²) in [6.07, 6.45) is 0.669. The minimum Gasteiger partial charge on any atom is -0.419 e. The third-order valence-electron chi connectivity index (χ3n) is 3.36. The van der Waals surface area contributed by atoms with Crippen molar-refractivity contribution in [3.05, 3.63) is 12.2 Å². The largest absolute Gasteiger partial charge is 0.419 e. The quantitative estimate of drug-likeness (QED) is 0.506. The zero-order chi connectivity index (χ0) is 11.5. The Bertz CT molecular complexity index is 401. The van der Waals surface area contributed by atoms with E-state index in [9.17, 15) is 9.59 Å². The molecule has 3 rings (SSSR count). The van der Waals surface area contributed by atoms with Crippen molar-refractivity contribution in [3.8, 4) is 0 Å². The van der Waals surface area contributed by atoms with E-state index in [1.807, 2.05) is 0 Å². The fourth-order valence-electron chi connectivity index (χ4n) is 2.67. The molecular formula is C11H12O5. The van der Waals surface area contributed by atoms with Gasteiger partial charge in [0.05, 0.1) is 18.4 Å². The summed E-state index contributed by atoms with van der Waals surface area (Å²) >= 11 is 0. The highest BCUT2D eigenvalue weighted by Crippen LogP contribution is 2.53. The molecule has 5 heteroatoms. The molecule has 16 heavy (non-hydrogen) atoms. The van der Waals surface area contributed by atoms with Crippen molar-refractivity contribution >= 4 is 11.9 Å². The van der Waals surface area contributed by atoms with Crippen molar-refractivity contribution in [2.24, 2.45) is 5.92 Å². The number of hydrogen-bond acceptors (Lipinski definition) is 5. The van der Waals surface area contributed by atoms with E-state index >= 15 is 0 Å². The number of carbonyl (C=O) groups is 2. The van der Waals surface area contributed by atoms with Gasteiger partial charge in [-0.15, -0.1) is 0 Å². The lowest BCUT2D eigenvalue weighted by Gasteiger charge is -2.27. The molecule has 3 heterocycles. The molecule has 0 aromatic rings. The van der Waals surface area contributed by atoms with Crippen molar-refractivity contribution < 1.29 is 23.8 Å². The fraction of sp³-hybridized carbons (Fsp3) is 0.636. The van der Waals surface area contributed by atoms with Crippen LogP contribution in [0.2, 0.25) is 0 Å². The lowest BCUT2D eigenvalue weighted by atomic mass is 9.88. The molecule has 0 saturated carbocycles. The Labute approximate surface area is 92.3 Å². The molecule has 3 saturated heterocycles. The maximum Gasteiger partial charge on any atom is 0.336 e. The lowest BCUT2D eigenvalue weighted by Crippen LogP contribution is -2.43. The molecule has 0 amide bonds. The first-order valence-electron chi connectivity index (χ1n) is 5.29. The average molecular weight is 224 g/mol. The molecule has 0 N–H and O–H groups in total. The zero-order valence-electron chi connectivity index (χ0n) is 8.89. The van der Waals surface area contributed by atoms with Gasteiger partial charge >= 0.3 is 11.9 Å². The summed E-state index contributed by atoms with van der Waals surface area (Å²) in [5.41, 5.74) is 0.289. The molecule has 0 aromatic carbocycles. The Morgan fingerprint density at radius 3 is 3.00 bits per heavy atom. The summed E-state index contributed by atoms with van der Waals surface area (Å²) in [5, 5.41) is 0. The SMILES string of the molecule is C=C(C)C(=O)OC12CC3CC(C(=O)O1)C2O3. The van der Waals surface area contributed by atoms with Gasteiger partial charge in [-0.3, -0.25) is 4.79 Å². The molecule has 3 aliphatic rings. The second-order valence-electron chi connectivity index (χ2n) is 4.63. The van der Waals surface area contributed by atoms with E-state index in [0.717, 1.165) is 0 Å². The highest BCUT2D eigenvalue weighted by Gasteiger charge is 2.70. The molecule has 0 aliphatic carbocycles. The maximum absolute atomic E-state index is 11.5. The van der Waals surface area contributed by atoms with Crippen LogP contribution >= 0.6 is 0 Å². The molecule has 0 spiro atoms. The van der Waals surface area contributed by atoms with Gasteiger partial charge in [0, 0.05) is 5.57 Å². The maximum atomic E-state index is 11.5. The summed E-state index contributed by atoms with van der Waals surface area (Å²) in [6, 6.07) is 0. The van der Waals surface area contributed by atoms with Crippen molar-refractivity contribution in [3.63, 3.8) is 0 Å². The third kappa shape index (κ3) is 1.09. The minimum atomic E-state index is -1.18. The van der Waals surface area contributed by atoms with Crippen LogP contribution < -0.4 is 0 Å². The molecule has 0 radical (unpaired) electrons. The third-order valence-corrected chi connectivity index (χ3v) is 3.36. The van der Waals surface area contributed by atoms with Crippen LogP contribution in [0, 0.1) is 5.92 Å². The van der Waals surface area contributed by atoms with Gasteiger partial charge in [-0.25, -0.2) is 4.79 Å². The van der Waals surface area contributed by atoms with Crippen LogP contribution in [0.4, 0.5) is 0 Å². The minimum absolute atomic E-state index is 0.0284. The monoisotopic (exact) mass is 224 g/mol. The van der Waals surface area contributed by atoms with E-state index in [4.69, 9.17) is 14.2 Å². The number of carbonyl (C=O) groups excluding carboxylic acids is 2. The van der Waals surface area contributed by atoms with Crippen LogP contribution in [0.25, 0.3) is 0 Å². The number of esters is 2. The van der Waals surface area contributed by atoms with Crippen LogP contribution in [0.3, 0.4) is 0 Å². The number of ether oxygens (including phenoxy) is 3. The molecule has 4 unspecified atom stereocenters. The van der Waals surface area contributed by atoms with Gasteiger partial charge < -0.3 is 14.2 Å². The van der Waals surface area contributed by atoms with Gasteiger partial charge in [-0.1, -0.05) is 6.58 Å². The lowest BCUT2D eigenvalue weighted by molar-refractivity contribution is -0.218. The van der Waals surface area contributed by atoms with Gasteiger partial charge in [0.2, 0.25) is 0 Å². The van der Waals surface area contributed by atoms with E-state index < -0.39 is 17.9 Å². The Morgan fingerprint density at radius 1 is 1.62 bits per heavy atom. The predicted molar refractivity (Wildman–Crippen MR) is 51.1 cm³/mol. The molecule has 2 bridgehead atoms. The van der Waals surface area contributed by atoms with Crippen LogP contribution in [0.15, 0.2) is 12.2 Å². The van der Waals surface area contributed by atoms with E-state index in [-0.39, 0.29) is 23.6 Å². The Kier molecular flexibility index (Phi) is 1.75. The molecule has 5 nitrogen and oxygen atoms in total. The van der Waals surface area contributed by atoms with Crippen LogP contribution in [0.1, 0.15) is 19.8 Å². The number of rotatable bonds is 2. The van der Waals surface area contributed by atoms with Gasteiger partial charge in [-0.05, 0) is 13.3 Å². The average Bonchev–Trinajstić information content (AvgIpc) is 2.76. The molecule has 0 aromatic heterocycles. The van der Waals surface area contributed by atoms with Crippen molar-refractivity contribution in [2.75, 3.05) is 0 Å². The van der Waals surface area contributed by atoms with Crippen molar-refractivity contribution in [1.82, 2.24) is 0 Å². The number of hydrogen-bond donors (Lipinski definition) is 0. The summed E-state index contributed by atoms with van der Waals surface area (Å²) in [4.78, 5) is 23.0. The summed E-state index contributed by atoms with van der Waals surface area (Å²) in [7, 11) is 0. The summed E-state index contributed by atoms with van der Waals surface area (Å²) in [6.45, 7) is 5.06. The smallest absolute Gasteiger partial charge is 0.336 e. The van der Waals surface area contributed by atoms with Gasteiger partial charge in [0.1, 0.15) is 6.10 Å². The first-order chi connectivity index (χ1) is 7.52. The number of fused-ring (bicyclic) bond motifs is 1. The Hall–Kier alpha value is -1.36. The van der Waals surface area contributed by atoms with E-state index in [1.54, 1.807) is 6.92 Å². The fourth-order valence-corrected chi connectivity index (χ4v) is 2.67. The predicted octanol–water partition coefficient (Wildman–Crippen LogP) is 0.536. The molecule has 3 fully saturated rings. The van der Waals surface area contributed by atoms with E-state index in [2.05, 4.69) is 6.58 Å². The topological polar surface area (TPSA) is 61.8 Å². The van der Waals surface area contributed by atoms with Crippen LogP contribution in [-0.4, -0.2) is 29.9 Å². The Balaban J connectivity index is 1.87. The standard InChI is InChI=1S/C11H12O5/c1-5(2)9(12)15-11-4-6-3-7(8(11)14-6)10(13)16-11/h6-8H,1,3-4H2,2H3. The first kappa shape index (κ1) is 9.84. The zero-order valence-corrected chi connectivity index (χ0v) is 8.89. The molecule has 4 atom stereocenters. The van der Waals surface area contributed by atoms with Crippen LogP contribution in [-0.2, 0) is 23.8 Å². The normalized spacial score (nSPS) is 43.3. The highest BCUT2D eigenvalue weighted by molar-refractivity contribution is 5.88. The van der Waals surface area contributed by atoms with Gasteiger partial charge in [0.15, 0.2) is 0 Å². The highest BCUT2D eigenvalue weighted by atomic mass is 16.8. The van der Waals surface area contributed by atoms with Crippen LogP contribution in [0.5, 0.6) is 0 Å². The first-order valence-corrected chi connectivity index (χ1v) is 5.29. The molecular weight excluding hydrogens is 212 g/mol. The molecule has 3 aliphatic heterocycles. The molecule has 86 valence electrons. The summed E-state index contributed by atoms with van der Waals surface area (Å²) in [5.74, 6) is -2.30. The van der Waals surface area contributed by atoms with Gasteiger partial charge in [-0.2, -0.15) is 0 Å². The van der Waals surface area contributed by atoms with E-state index in [1.165, 1.54) is 0 Å². The summed E-state index contributed by atoms with van der Waals surface area (Å²) < 4.78 is 16.0.